The molecule has 0 atom stereocenters. The summed E-state index contributed by atoms with van der Waals surface area (Å²) in [5.74, 6) is 0.396. The second-order valence-electron chi connectivity index (χ2n) is 9.19. The summed E-state index contributed by atoms with van der Waals surface area (Å²) >= 11 is 0. The van der Waals surface area contributed by atoms with Gasteiger partial charge in [0.05, 0.1) is 32.5 Å². The van der Waals surface area contributed by atoms with Crippen LogP contribution in [0.5, 0.6) is 23.0 Å². The fourth-order valence-corrected chi connectivity index (χ4v) is 4.88. The lowest BCUT2D eigenvalue weighted by Crippen LogP contribution is -2.34. The molecule has 1 amide bonds. The molecule has 0 bridgehead atoms. The summed E-state index contributed by atoms with van der Waals surface area (Å²) in [6, 6.07) is 12.5. The Balaban J connectivity index is 1.95. The molecule has 12 heteroatoms. The summed E-state index contributed by atoms with van der Waals surface area (Å²) in [6.07, 6.45) is -4.73. The zero-order valence-corrected chi connectivity index (χ0v) is 23.4. The van der Waals surface area contributed by atoms with Gasteiger partial charge in [-0.1, -0.05) is 26.0 Å². The van der Waals surface area contributed by atoms with E-state index in [-0.39, 0.29) is 29.9 Å². The van der Waals surface area contributed by atoms with E-state index in [1.807, 2.05) is 13.8 Å². The van der Waals surface area contributed by atoms with Crippen molar-refractivity contribution in [3.05, 3.63) is 77.4 Å². The van der Waals surface area contributed by atoms with E-state index in [9.17, 15) is 26.4 Å². The average Bonchev–Trinajstić information content (AvgIpc) is 2.91. The molecule has 0 aliphatic carbocycles. The minimum atomic E-state index is -4.73. The first-order chi connectivity index (χ1) is 18.8. The van der Waals surface area contributed by atoms with E-state index in [1.54, 1.807) is 29.2 Å². The summed E-state index contributed by atoms with van der Waals surface area (Å²) in [5, 5.41) is 0. The molecule has 0 radical (unpaired) electrons. The number of nitrogens with zero attached hydrogens (tertiary/aromatic N) is 1. The van der Waals surface area contributed by atoms with Gasteiger partial charge < -0.3 is 23.3 Å². The molecule has 40 heavy (non-hydrogen) atoms. The Hall–Kier alpha value is -3.93. The fraction of sp³-hybridized carbons (Fsp3) is 0.321. The van der Waals surface area contributed by atoms with Gasteiger partial charge in [0, 0.05) is 19.2 Å². The molecular formula is C28H30F3NO7S. The maximum absolute atomic E-state index is 13.6. The number of rotatable bonds is 11. The second-order valence-corrected chi connectivity index (χ2v) is 10.7. The fourth-order valence-electron chi connectivity index (χ4n) is 3.90. The van der Waals surface area contributed by atoms with Crippen LogP contribution in [0.1, 0.15) is 35.3 Å². The van der Waals surface area contributed by atoms with Crippen LogP contribution in [0.3, 0.4) is 0 Å². The molecule has 0 unspecified atom stereocenters. The number of halogens is 3. The van der Waals surface area contributed by atoms with Gasteiger partial charge in [-0.3, -0.25) is 4.79 Å². The molecule has 0 aliphatic rings. The van der Waals surface area contributed by atoms with Crippen molar-refractivity contribution < 1.29 is 44.8 Å². The van der Waals surface area contributed by atoms with Gasteiger partial charge in [0.1, 0.15) is 16.4 Å². The Labute approximate surface area is 231 Å². The summed E-state index contributed by atoms with van der Waals surface area (Å²) in [4.78, 5) is 14.5. The van der Waals surface area contributed by atoms with Gasteiger partial charge in [-0.05, 0) is 53.9 Å². The van der Waals surface area contributed by atoms with Crippen LogP contribution in [-0.2, 0) is 22.8 Å². The lowest BCUT2D eigenvalue weighted by molar-refractivity contribution is -0.137. The predicted octanol–water partition coefficient (Wildman–Crippen LogP) is 5.80. The molecule has 3 aromatic rings. The molecule has 3 rings (SSSR count). The quantitative estimate of drug-likeness (QED) is 0.265. The molecule has 0 aliphatic heterocycles. The van der Waals surface area contributed by atoms with Crippen molar-refractivity contribution in [3.63, 3.8) is 0 Å². The predicted molar refractivity (Wildman–Crippen MR) is 141 cm³/mol. The lowest BCUT2D eigenvalue weighted by atomic mass is 10.1. The number of methoxy groups -OCH3 is 3. The number of carbonyl (C=O) groups excluding carboxylic acids is 1. The number of benzene rings is 3. The minimum absolute atomic E-state index is 0.0397. The molecule has 216 valence electrons. The number of hydrogen-bond donors (Lipinski definition) is 0. The van der Waals surface area contributed by atoms with Crippen LogP contribution in [0, 0.1) is 5.92 Å². The zero-order chi connectivity index (χ0) is 29.7. The number of carbonyl (C=O) groups is 1. The van der Waals surface area contributed by atoms with Gasteiger partial charge in [0.25, 0.3) is 5.91 Å². The number of alkyl halides is 3. The Bertz CT molecular complexity index is 1460. The smallest absolute Gasteiger partial charge is 0.416 e. The zero-order valence-electron chi connectivity index (χ0n) is 22.6. The molecule has 0 spiro atoms. The summed E-state index contributed by atoms with van der Waals surface area (Å²) in [6.45, 7) is 4.31. The standard InChI is InChI=1S/C28H30F3NO7S/c1-18(2)16-32(27(33)23-11-10-21(36-3)15-25(23)38-5)17-19-9-12-24(37-4)26(13-19)39-40(34,35)22-8-6-7-20(14-22)28(29,30)31/h6-15,18H,16-17H2,1-5H3. The monoisotopic (exact) mass is 581 g/mol. The van der Waals surface area contributed by atoms with Crippen LogP contribution in [-0.4, -0.2) is 47.1 Å². The van der Waals surface area contributed by atoms with E-state index in [2.05, 4.69) is 0 Å². The first-order valence-corrected chi connectivity index (χ1v) is 13.5. The van der Waals surface area contributed by atoms with Crippen molar-refractivity contribution >= 4 is 16.0 Å². The number of ether oxygens (including phenoxy) is 3. The van der Waals surface area contributed by atoms with Gasteiger partial charge in [-0.25, -0.2) is 0 Å². The van der Waals surface area contributed by atoms with E-state index in [1.165, 1.54) is 33.5 Å². The van der Waals surface area contributed by atoms with Gasteiger partial charge in [-0.15, -0.1) is 0 Å². The Morgan fingerprint density at radius 1 is 0.875 bits per heavy atom. The van der Waals surface area contributed by atoms with Crippen molar-refractivity contribution in [2.45, 2.75) is 31.5 Å². The van der Waals surface area contributed by atoms with Gasteiger partial charge in [0.15, 0.2) is 11.5 Å². The van der Waals surface area contributed by atoms with Gasteiger partial charge in [-0.2, -0.15) is 21.6 Å². The van der Waals surface area contributed by atoms with Crippen molar-refractivity contribution in [2.24, 2.45) is 5.92 Å². The van der Waals surface area contributed by atoms with Crippen LogP contribution in [0.15, 0.2) is 65.6 Å². The van der Waals surface area contributed by atoms with Crippen molar-refractivity contribution in [2.75, 3.05) is 27.9 Å². The highest BCUT2D eigenvalue weighted by Crippen LogP contribution is 2.34. The minimum Gasteiger partial charge on any atom is -0.497 e. The topological polar surface area (TPSA) is 91.4 Å². The first kappa shape index (κ1) is 30.6. The molecule has 0 N–H and O–H groups in total. The van der Waals surface area contributed by atoms with E-state index in [4.69, 9.17) is 18.4 Å². The largest absolute Gasteiger partial charge is 0.497 e. The third-order valence-electron chi connectivity index (χ3n) is 5.76. The third-order valence-corrected chi connectivity index (χ3v) is 6.99. The van der Waals surface area contributed by atoms with Crippen LogP contribution < -0.4 is 18.4 Å². The van der Waals surface area contributed by atoms with E-state index in [0.29, 0.717) is 35.2 Å². The molecule has 3 aromatic carbocycles. The Morgan fingerprint density at radius 3 is 2.17 bits per heavy atom. The maximum atomic E-state index is 13.6. The summed E-state index contributed by atoms with van der Waals surface area (Å²) in [7, 11) is -0.423. The molecule has 8 nitrogen and oxygen atoms in total. The molecular weight excluding hydrogens is 551 g/mol. The average molecular weight is 582 g/mol. The summed E-state index contributed by atoms with van der Waals surface area (Å²) < 4.78 is 86.3. The van der Waals surface area contributed by atoms with Crippen LogP contribution >= 0.6 is 0 Å². The molecule has 0 fully saturated rings. The summed E-state index contributed by atoms with van der Waals surface area (Å²) in [5.41, 5.74) is -0.327. The number of amides is 1. The number of hydrogen-bond acceptors (Lipinski definition) is 7. The third kappa shape index (κ3) is 7.38. The molecule has 0 saturated heterocycles. The van der Waals surface area contributed by atoms with Gasteiger partial charge >= 0.3 is 16.3 Å². The van der Waals surface area contributed by atoms with Crippen LogP contribution in [0.2, 0.25) is 0 Å². The highest BCUT2D eigenvalue weighted by molar-refractivity contribution is 7.87. The molecule has 0 saturated carbocycles. The first-order valence-electron chi connectivity index (χ1n) is 12.1. The molecule has 0 heterocycles. The van der Waals surface area contributed by atoms with Crippen molar-refractivity contribution in [1.29, 1.82) is 0 Å². The maximum Gasteiger partial charge on any atom is 0.416 e. The highest BCUT2D eigenvalue weighted by atomic mass is 32.2. The second kappa shape index (κ2) is 12.5. The van der Waals surface area contributed by atoms with E-state index < -0.39 is 26.8 Å². The van der Waals surface area contributed by atoms with Crippen molar-refractivity contribution in [1.82, 2.24) is 4.90 Å². The SMILES string of the molecule is COc1ccc(C(=O)N(Cc2ccc(OC)c(OS(=O)(=O)c3cccc(C(F)(F)F)c3)c2)CC(C)C)c(OC)c1. The lowest BCUT2D eigenvalue weighted by Gasteiger charge is -2.26. The van der Waals surface area contributed by atoms with Crippen LogP contribution in [0.4, 0.5) is 13.2 Å². The van der Waals surface area contributed by atoms with E-state index >= 15 is 0 Å². The Kier molecular flexibility index (Phi) is 9.56. The van der Waals surface area contributed by atoms with E-state index in [0.717, 1.165) is 18.2 Å². The molecule has 0 aromatic heterocycles. The normalized spacial score (nSPS) is 11.7. The Morgan fingerprint density at radius 2 is 1.57 bits per heavy atom. The highest BCUT2D eigenvalue weighted by Gasteiger charge is 2.32. The van der Waals surface area contributed by atoms with Gasteiger partial charge in [0.2, 0.25) is 0 Å². The van der Waals surface area contributed by atoms with Crippen molar-refractivity contribution in [3.8, 4) is 23.0 Å². The van der Waals surface area contributed by atoms with Crippen LogP contribution in [0.25, 0.3) is 0 Å².